The molecule has 0 saturated carbocycles. The van der Waals surface area contributed by atoms with Gasteiger partial charge in [-0.1, -0.05) is 23.8 Å². The number of piperidine rings is 1. The van der Waals surface area contributed by atoms with Gasteiger partial charge >= 0.3 is 0 Å². The predicted molar refractivity (Wildman–Crippen MR) is 124 cm³/mol. The lowest BCUT2D eigenvalue weighted by Gasteiger charge is -2.32. The molecule has 0 bridgehead atoms. The number of aromatic nitrogens is 1. The molecule has 0 spiro atoms. The van der Waals surface area contributed by atoms with Gasteiger partial charge in [-0.15, -0.1) is 25.5 Å². The number of terminal acetylenes is 1. The van der Waals surface area contributed by atoms with Gasteiger partial charge in [0, 0.05) is 16.6 Å². The Morgan fingerprint density at radius 1 is 1.18 bits per heavy atom. The second-order valence-corrected chi connectivity index (χ2v) is 8.20. The van der Waals surface area contributed by atoms with Crippen molar-refractivity contribution in [1.29, 1.82) is 0 Å². The molecule has 2 heterocycles. The maximum atomic E-state index is 8.67. The minimum absolute atomic E-state index is 0.444. The molecule has 1 atom stereocenters. The van der Waals surface area contributed by atoms with Crippen molar-refractivity contribution in [2.24, 2.45) is 5.92 Å². The van der Waals surface area contributed by atoms with Crippen molar-refractivity contribution >= 4 is 34.2 Å². The van der Waals surface area contributed by atoms with Gasteiger partial charge in [0.1, 0.15) is 0 Å². The number of hydrogen-bond donors (Lipinski definition) is 2. The Kier molecular flexibility index (Phi) is 9.24. The molecule has 0 amide bonds. The van der Waals surface area contributed by atoms with Crippen LogP contribution in [0.3, 0.4) is 0 Å². The largest absolute Gasteiger partial charge is 0.317 e. The zero-order chi connectivity index (χ0) is 20.5. The molecule has 2 aliphatic rings. The van der Waals surface area contributed by atoms with Gasteiger partial charge in [-0.2, -0.15) is 0 Å². The number of benzene rings is 1. The fourth-order valence-electron chi connectivity index (χ4n) is 4.30. The van der Waals surface area contributed by atoms with E-state index in [0.29, 0.717) is 17.5 Å². The summed E-state index contributed by atoms with van der Waals surface area (Å²) < 4.78 is 1.10. The van der Waals surface area contributed by atoms with Crippen LogP contribution in [0.5, 0.6) is 0 Å². The molecule has 148 valence electrons. The highest BCUT2D eigenvalue weighted by molar-refractivity contribution is 9.10. The lowest BCUT2D eigenvalue weighted by Crippen LogP contribution is -2.32. The number of aryl methyl sites for hydroxylation is 3. The van der Waals surface area contributed by atoms with Gasteiger partial charge in [-0.05, 0) is 90.3 Å². The minimum Gasteiger partial charge on any atom is -0.317 e. The predicted octanol–water partition coefficient (Wildman–Crippen LogP) is 4.74. The van der Waals surface area contributed by atoms with Crippen molar-refractivity contribution in [3.05, 3.63) is 62.9 Å². The highest BCUT2D eigenvalue weighted by Crippen LogP contribution is 2.42. The number of carbonyl (C=O) groups excluding carboxylic acids is 1. The molecule has 1 aromatic carbocycles. The molecule has 1 fully saturated rings. The normalized spacial score (nSPS) is 18.1. The van der Waals surface area contributed by atoms with Crippen LogP contribution in [0.25, 0.3) is 0 Å². The summed E-state index contributed by atoms with van der Waals surface area (Å²) in [5.41, 5.74) is 7.62. The highest BCUT2D eigenvalue weighted by Gasteiger charge is 2.32. The number of nitrogens with zero attached hydrogens (tertiary/aromatic N) is 1. The number of thiol groups is 1. The maximum absolute atomic E-state index is 8.67. The molecule has 1 N–H and O–H groups in total. The van der Waals surface area contributed by atoms with Crippen LogP contribution >= 0.6 is 28.6 Å². The van der Waals surface area contributed by atoms with Crippen molar-refractivity contribution in [2.75, 3.05) is 13.1 Å². The van der Waals surface area contributed by atoms with Crippen LogP contribution in [-0.4, -0.2) is 23.7 Å². The second kappa shape index (κ2) is 11.4. The molecular weight excluding hydrogens is 432 g/mol. The summed E-state index contributed by atoms with van der Waals surface area (Å²) in [6.45, 7) is 4.47. The first kappa shape index (κ1) is 22.7. The SMILES string of the molecule is C#C.Cc1ccc2c(c1)CCc1cc(Br)cnc1C2C1CCNCC1.O=CS. The Morgan fingerprint density at radius 3 is 2.50 bits per heavy atom. The van der Waals surface area contributed by atoms with E-state index in [9.17, 15) is 0 Å². The van der Waals surface area contributed by atoms with Crippen molar-refractivity contribution < 1.29 is 4.79 Å². The summed E-state index contributed by atoms with van der Waals surface area (Å²) in [5, 5.41) is 3.51. The molecule has 3 nitrogen and oxygen atoms in total. The smallest absolute Gasteiger partial charge is 0.173 e. The Balaban J connectivity index is 0.000000514. The molecule has 2 aromatic rings. The lowest BCUT2D eigenvalue weighted by molar-refractivity contribution is 0.338. The average molecular weight is 459 g/mol. The molecule has 1 aliphatic carbocycles. The minimum atomic E-state index is 0.444. The van der Waals surface area contributed by atoms with Crippen LogP contribution in [0.15, 0.2) is 34.9 Å². The molecule has 5 heteroatoms. The van der Waals surface area contributed by atoms with Gasteiger partial charge in [0.25, 0.3) is 0 Å². The number of halogens is 1. The Morgan fingerprint density at radius 2 is 1.82 bits per heavy atom. The number of pyridine rings is 1. The van der Waals surface area contributed by atoms with Gasteiger partial charge in [-0.25, -0.2) is 0 Å². The van der Waals surface area contributed by atoms with Crippen LogP contribution in [0.4, 0.5) is 0 Å². The zero-order valence-corrected chi connectivity index (χ0v) is 18.7. The van der Waals surface area contributed by atoms with E-state index in [2.05, 4.69) is 77.9 Å². The van der Waals surface area contributed by atoms with Crippen LogP contribution in [-0.2, 0) is 17.6 Å². The Labute approximate surface area is 182 Å². The van der Waals surface area contributed by atoms with E-state index >= 15 is 0 Å². The number of fused-ring (bicyclic) bond motifs is 2. The summed E-state index contributed by atoms with van der Waals surface area (Å²) in [4.78, 5) is 13.6. The summed E-state index contributed by atoms with van der Waals surface area (Å²) in [6.07, 6.45) is 14.7. The first-order chi connectivity index (χ1) is 13.6. The van der Waals surface area contributed by atoms with E-state index in [-0.39, 0.29) is 0 Å². The molecular formula is C23H27BrN2OS. The average Bonchev–Trinajstić information content (AvgIpc) is 2.87. The Bertz CT molecular complexity index is 762. The Hall–Kier alpha value is -1.61. The summed E-state index contributed by atoms with van der Waals surface area (Å²) in [6, 6.07) is 9.33. The third-order valence-electron chi connectivity index (χ3n) is 5.42. The topological polar surface area (TPSA) is 42.0 Å². The van der Waals surface area contributed by atoms with Crippen molar-refractivity contribution in [2.45, 2.75) is 38.5 Å². The lowest BCUT2D eigenvalue weighted by atomic mass is 9.76. The van der Waals surface area contributed by atoms with Crippen molar-refractivity contribution in [1.82, 2.24) is 10.3 Å². The fourth-order valence-corrected chi connectivity index (χ4v) is 4.68. The summed E-state index contributed by atoms with van der Waals surface area (Å²) in [7, 11) is 0. The second-order valence-electron chi connectivity index (χ2n) is 7.07. The molecule has 1 unspecified atom stereocenters. The number of hydrogen-bond acceptors (Lipinski definition) is 3. The molecule has 28 heavy (non-hydrogen) atoms. The van der Waals surface area contributed by atoms with Gasteiger partial charge in [0.15, 0.2) is 5.62 Å². The van der Waals surface area contributed by atoms with Crippen molar-refractivity contribution in [3.8, 4) is 12.8 Å². The number of nitrogens with one attached hydrogen (secondary N) is 1. The molecule has 1 saturated heterocycles. The number of rotatable bonds is 1. The quantitative estimate of drug-likeness (QED) is 0.368. The van der Waals surface area contributed by atoms with Gasteiger partial charge in [0.05, 0.1) is 5.69 Å². The number of carbonyl (C=O) groups is 1. The van der Waals surface area contributed by atoms with Crippen LogP contribution in [0.2, 0.25) is 0 Å². The van der Waals surface area contributed by atoms with Gasteiger partial charge in [-0.3, -0.25) is 9.78 Å². The van der Waals surface area contributed by atoms with E-state index in [0.717, 1.165) is 30.4 Å². The van der Waals surface area contributed by atoms with Crippen LogP contribution in [0.1, 0.15) is 46.7 Å². The van der Waals surface area contributed by atoms with Crippen LogP contribution in [0, 0.1) is 25.7 Å². The molecule has 1 aliphatic heterocycles. The van der Waals surface area contributed by atoms with Gasteiger partial charge in [0.2, 0.25) is 0 Å². The summed E-state index contributed by atoms with van der Waals surface area (Å²) in [5.74, 6) is 1.15. The first-order valence-corrected chi connectivity index (χ1v) is 10.8. The molecule has 4 rings (SSSR count). The molecule has 1 aromatic heterocycles. The van der Waals surface area contributed by atoms with E-state index in [4.69, 9.17) is 9.78 Å². The first-order valence-electron chi connectivity index (χ1n) is 9.49. The van der Waals surface area contributed by atoms with Crippen LogP contribution < -0.4 is 5.32 Å². The highest BCUT2D eigenvalue weighted by atomic mass is 79.9. The van der Waals surface area contributed by atoms with Crippen molar-refractivity contribution in [3.63, 3.8) is 0 Å². The third kappa shape index (κ3) is 5.47. The third-order valence-corrected chi connectivity index (χ3v) is 5.85. The maximum Gasteiger partial charge on any atom is 0.173 e. The monoisotopic (exact) mass is 458 g/mol. The summed E-state index contributed by atoms with van der Waals surface area (Å²) >= 11 is 6.71. The van der Waals surface area contributed by atoms with E-state index in [1.165, 1.54) is 40.8 Å². The van der Waals surface area contributed by atoms with Gasteiger partial charge < -0.3 is 5.32 Å². The van der Waals surface area contributed by atoms with E-state index < -0.39 is 0 Å². The molecule has 0 radical (unpaired) electrons. The van der Waals surface area contributed by atoms with E-state index in [1.807, 2.05) is 6.20 Å². The van der Waals surface area contributed by atoms with E-state index in [1.54, 1.807) is 0 Å². The standard InChI is InChI=1S/C20H23BrN2.C2H2.CH2OS/c1-13-2-5-18-15(10-13)3-4-16-11-17(21)12-23-20(16)19(18)14-6-8-22-9-7-14;1-2;2-1-3/h2,5,10-12,14,19,22H,3-4,6-9H2,1H3;1-2H;1H,(H,2,3). The zero-order valence-electron chi connectivity index (χ0n) is 16.2. The fraction of sp³-hybridized carbons (Fsp3) is 0.391.